The third kappa shape index (κ3) is 3.50. The monoisotopic (exact) mass is 277 g/mol. The molecule has 1 atom stereocenters. The SMILES string of the molecule is COC(=O)CC(=O)N1CCCC(c2cccc(O)c2)C1. The Balaban J connectivity index is 2.01. The van der Waals surface area contributed by atoms with Gasteiger partial charge < -0.3 is 14.7 Å². The quantitative estimate of drug-likeness (QED) is 0.674. The number of hydrogen-bond donors (Lipinski definition) is 1. The zero-order chi connectivity index (χ0) is 14.5. The fraction of sp³-hybridized carbons (Fsp3) is 0.467. The van der Waals surface area contributed by atoms with Crippen molar-refractivity contribution in [2.45, 2.75) is 25.2 Å². The highest BCUT2D eigenvalue weighted by Crippen LogP contribution is 2.29. The fourth-order valence-corrected chi connectivity index (χ4v) is 2.56. The first kappa shape index (κ1) is 14.4. The van der Waals surface area contributed by atoms with Crippen LogP contribution in [0.25, 0.3) is 0 Å². The van der Waals surface area contributed by atoms with Crippen LogP contribution in [0.2, 0.25) is 0 Å². The number of amides is 1. The number of phenolic OH excluding ortho intramolecular Hbond substituents is 1. The summed E-state index contributed by atoms with van der Waals surface area (Å²) in [6.07, 6.45) is 1.67. The van der Waals surface area contributed by atoms with Crippen LogP contribution in [-0.2, 0) is 14.3 Å². The van der Waals surface area contributed by atoms with Crippen LogP contribution in [0.1, 0.15) is 30.7 Å². The molecule has 1 fully saturated rings. The Morgan fingerprint density at radius 2 is 2.25 bits per heavy atom. The first-order valence-corrected chi connectivity index (χ1v) is 6.73. The van der Waals surface area contributed by atoms with Crippen LogP contribution in [0, 0.1) is 0 Å². The lowest BCUT2D eigenvalue weighted by molar-refractivity contribution is -0.147. The van der Waals surface area contributed by atoms with E-state index in [0.717, 1.165) is 18.4 Å². The normalized spacial score (nSPS) is 18.6. The zero-order valence-corrected chi connectivity index (χ0v) is 11.5. The highest BCUT2D eigenvalue weighted by molar-refractivity contribution is 5.94. The first-order chi connectivity index (χ1) is 9.60. The van der Waals surface area contributed by atoms with Gasteiger partial charge in [-0.25, -0.2) is 0 Å². The van der Waals surface area contributed by atoms with Crippen LogP contribution >= 0.6 is 0 Å². The van der Waals surface area contributed by atoms with E-state index >= 15 is 0 Å². The van der Waals surface area contributed by atoms with Gasteiger partial charge in [-0.1, -0.05) is 12.1 Å². The topological polar surface area (TPSA) is 66.8 Å². The van der Waals surface area contributed by atoms with Crippen molar-refractivity contribution >= 4 is 11.9 Å². The molecular formula is C15H19NO4. The minimum Gasteiger partial charge on any atom is -0.508 e. The summed E-state index contributed by atoms with van der Waals surface area (Å²) >= 11 is 0. The molecule has 1 aromatic rings. The molecule has 108 valence electrons. The number of piperidine rings is 1. The van der Waals surface area contributed by atoms with Crippen molar-refractivity contribution in [3.63, 3.8) is 0 Å². The van der Waals surface area contributed by atoms with Gasteiger partial charge in [0.25, 0.3) is 0 Å². The predicted octanol–water partition coefficient (Wildman–Crippen LogP) is 1.66. The van der Waals surface area contributed by atoms with E-state index < -0.39 is 5.97 Å². The number of aromatic hydroxyl groups is 1. The summed E-state index contributed by atoms with van der Waals surface area (Å²) in [7, 11) is 1.28. The number of esters is 1. The summed E-state index contributed by atoms with van der Waals surface area (Å²) in [6.45, 7) is 1.25. The molecule has 5 heteroatoms. The molecule has 5 nitrogen and oxygen atoms in total. The predicted molar refractivity (Wildman–Crippen MR) is 73.3 cm³/mol. The maximum absolute atomic E-state index is 12.0. The van der Waals surface area contributed by atoms with Crippen LogP contribution in [-0.4, -0.2) is 42.1 Å². The number of carbonyl (C=O) groups is 2. The molecular weight excluding hydrogens is 258 g/mol. The van der Waals surface area contributed by atoms with E-state index in [1.165, 1.54) is 7.11 Å². The molecule has 1 aromatic carbocycles. The maximum Gasteiger partial charge on any atom is 0.315 e. The van der Waals surface area contributed by atoms with Gasteiger partial charge in [-0.05, 0) is 30.5 Å². The van der Waals surface area contributed by atoms with Crippen molar-refractivity contribution in [2.24, 2.45) is 0 Å². The van der Waals surface area contributed by atoms with Crippen LogP contribution in [0.5, 0.6) is 5.75 Å². The van der Waals surface area contributed by atoms with Gasteiger partial charge in [-0.15, -0.1) is 0 Å². The van der Waals surface area contributed by atoms with Crippen LogP contribution < -0.4 is 0 Å². The van der Waals surface area contributed by atoms with E-state index in [4.69, 9.17) is 0 Å². The largest absolute Gasteiger partial charge is 0.508 e. The van der Waals surface area contributed by atoms with Gasteiger partial charge in [0.15, 0.2) is 0 Å². The standard InChI is InChI=1S/C15H19NO4/c1-20-15(19)9-14(18)16-7-3-5-12(10-16)11-4-2-6-13(17)8-11/h2,4,6,8,12,17H,3,5,7,9-10H2,1H3. The summed E-state index contributed by atoms with van der Waals surface area (Å²) in [5, 5.41) is 9.53. The average Bonchev–Trinajstić information content (AvgIpc) is 2.47. The molecule has 2 rings (SSSR count). The maximum atomic E-state index is 12.0. The molecule has 1 saturated heterocycles. The lowest BCUT2D eigenvalue weighted by Gasteiger charge is -2.33. The van der Waals surface area contributed by atoms with Crippen LogP contribution in [0.3, 0.4) is 0 Å². The molecule has 0 radical (unpaired) electrons. The average molecular weight is 277 g/mol. The van der Waals surface area contributed by atoms with Gasteiger partial charge in [0, 0.05) is 19.0 Å². The molecule has 0 spiro atoms. The number of likely N-dealkylation sites (tertiary alicyclic amines) is 1. The second kappa shape index (κ2) is 6.41. The van der Waals surface area contributed by atoms with Crippen molar-refractivity contribution in [3.8, 4) is 5.75 Å². The minimum absolute atomic E-state index is 0.193. The number of methoxy groups -OCH3 is 1. The summed E-state index contributed by atoms with van der Waals surface area (Å²) in [4.78, 5) is 24.8. The lowest BCUT2D eigenvalue weighted by atomic mass is 9.90. The van der Waals surface area contributed by atoms with Gasteiger partial charge in [0.1, 0.15) is 12.2 Å². The molecule has 1 heterocycles. The van der Waals surface area contributed by atoms with E-state index in [-0.39, 0.29) is 24.0 Å². The molecule has 1 aliphatic rings. The Kier molecular flexibility index (Phi) is 4.61. The second-order valence-electron chi connectivity index (χ2n) is 5.03. The smallest absolute Gasteiger partial charge is 0.315 e. The van der Waals surface area contributed by atoms with E-state index in [1.807, 2.05) is 6.07 Å². The molecule has 0 aliphatic carbocycles. The third-order valence-corrected chi connectivity index (χ3v) is 3.64. The van der Waals surface area contributed by atoms with Crippen molar-refractivity contribution in [2.75, 3.05) is 20.2 Å². The molecule has 1 amide bonds. The van der Waals surface area contributed by atoms with Crippen molar-refractivity contribution in [1.82, 2.24) is 4.90 Å². The minimum atomic E-state index is -0.505. The van der Waals surface area contributed by atoms with Gasteiger partial charge in [-0.3, -0.25) is 9.59 Å². The number of benzene rings is 1. The van der Waals surface area contributed by atoms with Crippen LogP contribution in [0.4, 0.5) is 0 Å². The number of ether oxygens (including phenoxy) is 1. The summed E-state index contributed by atoms with van der Waals surface area (Å²) < 4.78 is 4.52. The summed E-state index contributed by atoms with van der Waals surface area (Å²) in [5.74, 6) is -0.255. The van der Waals surface area contributed by atoms with E-state index in [2.05, 4.69) is 4.74 Å². The van der Waals surface area contributed by atoms with Crippen molar-refractivity contribution in [1.29, 1.82) is 0 Å². The fourth-order valence-electron chi connectivity index (χ4n) is 2.56. The Morgan fingerprint density at radius 3 is 2.95 bits per heavy atom. The molecule has 1 unspecified atom stereocenters. The number of phenols is 1. The zero-order valence-electron chi connectivity index (χ0n) is 11.5. The Bertz CT molecular complexity index is 500. The highest BCUT2D eigenvalue weighted by atomic mass is 16.5. The highest BCUT2D eigenvalue weighted by Gasteiger charge is 2.26. The van der Waals surface area contributed by atoms with Crippen molar-refractivity contribution in [3.05, 3.63) is 29.8 Å². The van der Waals surface area contributed by atoms with E-state index in [9.17, 15) is 14.7 Å². The molecule has 0 saturated carbocycles. The lowest BCUT2D eigenvalue weighted by Crippen LogP contribution is -2.40. The molecule has 0 bridgehead atoms. The number of nitrogens with zero attached hydrogens (tertiary/aromatic N) is 1. The number of rotatable bonds is 3. The van der Waals surface area contributed by atoms with E-state index in [1.54, 1.807) is 23.1 Å². The van der Waals surface area contributed by atoms with Gasteiger partial charge >= 0.3 is 5.97 Å². The van der Waals surface area contributed by atoms with Crippen molar-refractivity contribution < 1.29 is 19.4 Å². The Morgan fingerprint density at radius 1 is 1.45 bits per heavy atom. The number of hydrogen-bond acceptors (Lipinski definition) is 4. The van der Waals surface area contributed by atoms with Gasteiger partial charge in [0.05, 0.1) is 7.11 Å². The summed E-state index contributed by atoms with van der Waals surface area (Å²) in [5.41, 5.74) is 1.03. The van der Waals surface area contributed by atoms with Gasteiger partial charge in [-0.2, -0.15) is 0 Å². The Hall–Kier alpha value is -2.04. The molecule has 20 heavy (non-hydrogen) atoms. The summed E-state index contributed by atoms with van der Waals surface area (Å²) in [6, 6.07) is 7.13. The number of carbonyl (C=O) groups excluding carboxylic acids is 2. The third-order valence-electron chi connectivity index (χ3n) is 3.64. The van der Waals surface area contributed by atoms with Crippen LogP contribution in [0.15, 0.2) is 24.3 Å². The first-order valence-electron chi connectivity index (χ1n) is 6.73. The second-order valence-corrected chi connectivity index (χ2v) is 5.03. The van der Waals surface area contributed by atoms with Gasteiger partial charge in [0.2, 0.25) is 5.91 Å². The Labute approximate surface area is 118 Å². The molecule has 1 N–H and O–H groups in total. The van der Waals surface area contributed by atoms with E-state index in [0.29, 0.717) is 13.1 Å². The molecule has 1 aliphatic heterocycles. The molecule has 0 aromatic heterocycles.